The number of hydrogen-bond donors (Lipinski definition) is 1. The largest absolute Gasteiger partial charge is 0.500 e. The molecule has 0 spiro atoms. The quantitative estimate of drug-likeness (QED) is 0.251. The Labute approximate surface area is 175 Å². The monoisotopic (exact) mass is 411 g/mol. The molecule has 1 saturated carbocycles. The van der Waals surface area contributed by atoms with Crippen LogP contribution in [0, 0.1) is 0 Å². The van der Waals surface area contributed by atoms with Gasteiger partial charge in [0.05, 0.1) is 25.5 Å². The number of hydrogen-bond acceptors (Lipinski definition) is 5. The fourth-order valence-corrected chi connectivity index (χ4v) is 3.86. The summed E-state index contributed by atoms with van der Waals surface area (Å²) in [7, 11) is 3.15. The molecule has 0 aromatic heterocycles. The molecule has 152 valence electrons. The third-order valence-electron chi connectivity index (χ3n) is 4.92. The van der Waals surface area contributed by atoms with E-state index in [0.717, 1.165) is 17.0 Å². The number of rotatable bonds is 9. The van der Waals surface area contributed by atoms with E-state index in [1.165, 1.54) is 37.3 Å². The molecule has 2 aromatic rings. The third kappa shape index (κ3) is 5.21. The summed E-state index contributed by atoms with van der Waals surface area (Å²) in [5.41, 5.74) is 5.81. The van der Waals surface area contributed by atoms with Crippen molar-refractivity contribution < 1.29 is 19.4 Å². The van der Waals surface area contributed by atoms with Gasteiger partial charge in [-0.2, -0.15) is 0 Å². The molecule has 1 N–H and O–H groups in total. The summed E-state index contributed by atoms with van der Waals surface area (Å²) in [5, 5.41) is 9.62. The molecule has 2 aromatic carbocycles. The smallest absolute Gasteiger partial charge is 0.339 e. The number of aliphatic imine (C=N–C) groups is 1. The van der Waals surface area contributed by atoms with Gasteiger partial charge < -0.3 is 14.6 Å². The fraction of sp³-hybridized carbons (Fsp3) is 0.304. The van der Waals surface area contributed by atoms with Crippen LogP contribution in [0.25, 0.3) is 5.57 Å². The van der Waals surface area contributed by atoms with Gasteiger partial charge in [0.2, 0.25) is 0 Å². The molecule has 0 unspecified atom stereocenters. The standard InChI is InChI=1S/C23H25NO4S/c1-15(27-2)22(23(25)26)19-7-5-4-6-17(19)13-29-14-24-21-11-10-18(28-3)12-20(21)16-8-9-16/h4-7,10-12,14,16H,8-9,13H2,1-3H3,(H,25,26)/b22-15-,24-14?. The lowest BCUT2D eigenvalue weighted by Gasteiger charge is -2.12. The number of ether oxygens (including phenoxy) is 2. The van der Waals surface area contributed by atoms with E-state index in [4.69, 9.17) is 9.47 Å². The summed E-state index contributed by atoms with van der Waals surface area (Å²) in [6, 6.07) is 13.5. The number of benzene rings is 2. The minimum atomic E-state index is -0.997. The van der Waals surface area contributed by atoms with Gasteiger partial charge in [-0.15, -0.1) is 11.8 Å². The van der Waals surface area contributed by atoms with E-state index in [2.05, 4.69) is 11.1 Å². The van der Waals surface area contributed by atoms with E-state index in [1.54, 1.807) is 14.0 Å². The van der Waals surface area contributed by atoms with Crippen LogP contribution in [-0.2, 0) is 15.3 Å². The van der Waals surface area contributed by atoms with Crippen LogP contribution in [-0.4, -0.2) is 30.8 Å². The highest BCUT2D eigenvalue weighted by atomic mass is 32.2. The maximum Gasteiger partial charge on any atom is 0.339 e. The lowest BCUT2D eigenvalue weighted by molar-refractivity contribution is -0.130. The van der Waals surface area contributed by atoms with Crippen LogP contribution in [0.2, 0.25) is 0 Å². The zero-order valence-corrected chi connectivity index (χ0v) is 17.7. The summed E-state index contributed by atoms with van der Waals surface area (Å²) in [4.78, 5) is 16.4. The van der Waals surface area contributed by atoms with Crippen molar-refractivity contribution in [2.24, 2.45) is 4.99 Å². The molecule has 1 aliphatic carbocycles. The van der Waals surface area contributed by atoms with Crippen molar-refractivity contribution in [3.05, 3.63) is 64.9 Å². The second-order valence-corrected chi connectivity index (χ2v) is 7.67. The van der Waals surface area contributed by atoms with Crippen molar-refractivity contribution in [2.75, 3.05) is 14.2 Å². The number of nitrogens with zero attached hydrogens (tertiary/aromatic N) is 1. The van der Waals surface area contributed by atoms with Crippen LogP contribution >= 0.6 is 11.8 Å². The molecule has 3 rings (SSSR count). The summed E-state index contributed by atoms with van der Waals surface area (Å²) < 4.78 is 10.5. The maximum atomic E-state index is 11.7. The van der Waals surface area contributed by atoms with Gasteiger partial charge in [0, 0.05) is 5.75 Å². The Hall–Kier alpha value is -2.73. The van der Waals surface area contributed by atoms with Crippen molar-refractivity contribution in [2.45, 2.75) is 31.4 Å². The van der Waals surface area contributed by atoms with Crippen LogP contribution in [0.3, 0.4) is 0 Å². The van der Waals surface area contributed by atoms with Gasteiger partial charge in [-0.25, -0.2) is 9.79 Å². The summed E-state index contributed by atoms with van der Waals surface area (Å²) in [6.45, 7) is 1.66. The number of allylic oxidation sites excluding steroid dienone is 1. The Morgan fingerprint density at radius 2 is 2.00 bits per heavy atom. The van der Waals surface area contributed by atoms with Gasteiger partial charge in [-0.1, -0.05) is 24.3 Å². The van der Waals surface area contributed by atoms with E-state index >= 15 is 0 Å². The Kier molecular flexibility index (Phi) is 6.99. The van der Waals surface area contributed by atoms with Crippen molar-refractivity contribution in [1.29, 1.82) is 0 Å². The lowest BCUT2D eigenvalue weighted by Crippen LogP contribution is -2.06. The van der Waals surface area contributed by atoms with Crippen LogP contribution < -0.4 is 4.74 Å². The molecule has 5 nitrogen and oxygen atoms in total. The predicted octanol–water partition coefficient (Wildman–Crippen LogP) is 5.63. The molecular weight excluding hydrogens is 386 g/mol. The van der Waals surface area contributed by atoms with E-state index in [9.17, 15) is 9.90 Å². The van der Waals surface area contributed by atoms with Gasteiger partial charge in [-0.3, -0.25) is 0 Å². The zero-order chi connectivity index (χ0) is 20.8. The summed E-state index contributed by atoms with van der Waals surface area (Å²) in [6.07, 6.45) is 2.39. The van der Waals surface area contributed by atoms with Crippen LogP contribution in [0.5, 0.6) is 5.75 Å². The molecule has 0 amide bonds. The molecule has 1 aliphatic rings. The highest BCUT2D eigenvalue weighted by Crippen LogP contribution is 2.45. The number of carboxylic acid groups (broad SMARTS) is 1. The van der Waals surface area contributed by atoms with Crippen molar-refractivity contribution >= 4 is 34.5 Å². The van der Waals surface area contributed by atoms with Crippen molar-refractivity contribution in [3.8, 4) is 5.75 Å². The Morgan fingerprint density at radius 1 is 1.24 bits per heavy atom. The second-order valence-electron chi connectivity index (χ2n) is 6.84. The lowest BCUT2D eigenvalue weighted by atomic mass is 10.00. The second kappa shape index (κ2) is 9.65. The van der Waals surface area contributed by atoms with Crippen LogP contribution in [0.4, 0.5) is 5.69 Å². The molecule has 1 fully saturated rings. The number of methoxy groups -OCH3 is 2. The Bertz CT molecular complexity index is 948. The predicted molar refractivity (Wildman–Crippen MR) is 118 cm³/mol. The number of aliphatic carboxylic acids is 1. The molecule has 6 heteroatoms. The number of carbonyl (C=O) groups is 1. The highest BCUT2D eigenvalue weighted by molar-refractivity contribution is 8.11. The van der Waals surface area contributed by atoms with E-state index in [-0.39, 0.29) is 5.57 Å². The normalized spacial score (nSPS) is 14.6. The highest BCUT2D eigenvalue weighted by Gasteiger charge is 2.26. The van der Waals surface area contributed by atoms with E-state index in [1.807, 2.05) is 41.9 Å². The topological polar surface area (TPSA) is 68.1 Å². The molecule has 0 aliphatic heterocycles. The first kappa shape index (κ1) is 21.0. The van der Waals surface area contributed by atoms with Gasteiger partial charge in [-0.05, 0) is 60.6 Å². The van der Waals surface area contributed by atoms with Gasteiger partial charge in [0.25, 0.3) is 0 Å². The van der Waals surface area contributed by atoms with Crippen molar-refractivity contribution in [3.63, 3.8) is 0 Å². The SMILES string of the molecule is CO/C(C)=C(\C(=O)O)c1ccccc1CSC=Nc1ccc(OC)cc1C1CC1. The molecule has 0 bridgehead atoms. The third-order valence-corrected chi connectivity index (χ3v) is 5.65. The van der Waals surface area contributed by atoms with Gasteiger partial charge >= 0.3 is 5.97 Å². The minimum Gasteiger partial charge on any atom is -0.500 e. The number of carboxylic acids is 1. The average Bonchev–Trinajstić information content (AvgIpc) is 3.57. The Morgan fingerprint density at radius 3 is 2.66 bits per heavy atom. The van der Waals surface area contributed by atoms with E-state index < -0.39 is 5.97 Å². The fourth-order valence-electron chi connectivity index (χ4n) is 3.17. The Balaban J connectivity index is 1.76. The molecular formula is C23H25NO4S. The zero-order valence-electron chi connectivity index (χ0n) is 16.8. The minimum absolute atomic E-state index is 0.187. The molecule has 0 saturated heterocycles. The molecule has 0 heterocycles. The molecule has 29 heavy (non-hydrogen) atoms. The van der Waals surface area contributed by atoms with Gasteiger partial charge in [0.1, 0.15) is 17.1 Å². The molecule has 0 radical (unpaired) electrons. The molecule has 0 atom stereocenters. The van der Waals surface area contributed by atoms with Gasteiger partial charge in [0.15, 0.2) is 0 Å². The first-order valence-corrected chi connectivity index (χ1v) is 10.5. The summed E-state index contributed by atoms with van der Waals surface area (Å²) >= 11 is 1.54. The first-order chi connectivity index (χ1) is 14.0. The summed E-state index contributed by atoms with van der Waals surface area (Å²) in [5.74, 6) is 1.43. The number of thioether (sulfide) groups is 1. The van der Waals surface area contributed by atoms with Crippen LogP contribution in [0.15, 0.2) is 53.2 Å². The first-order valence-electron chi connectivity index (χ1n) is 9.43. The van der Waals surface area contributed by atoms with Crippen LogP contribution in [0.1, 0.15) is 42.4 Å². The average molecular weight is 412 g/mol. The van der Waals surface area contributed by atoms with E-state index in [0.29, 0.717) is 23.0 Å². The maximum absolute atomic E-state index is 11.7. The van der Waals surface area contributed by atoms with Crippen molar-refractivity contribution in [1.82, 2.24) is 0 Å².